The summed E-state index contributed by atoms with van der Waals surface area (Å²) in [5, 5.41) is 13.4. The second kappa shape index (κ2) is 9.97. The lowest BCUT2D eigenvalue weighted by Crippen LogP contribution is -3.14. The zero-order chi connectivity index (χ0) is 22.5. The predicted octanol–water partition coefficient (Wildman–Crippen LogP) is 0.224. The number of likely N-dealkylation sites (tertiary alicyclic amines) is 1. The zero-order valence-corrected chi connectivity index (χ0v) is 18.2. The number of methoxy groups -OCH3 is 1. The van der Waals surface area contributed by atoms with Gasteiger partial charge in [0, 0.05) is 18.5 Å². The Morgan fingerprint density at radius 3 is 2.59 bits per heavy atom. The number of hydrogen-bond donors (Lipinski definition) is 1. The van der Waals surface area contributed by atoms with Crippen molar-refractivity contribution in [2.45, 2.75) is 12.5 Å². The molecule has 7 nitrogen and oxygen atoms in total. The molecule has 2 heterocycles. The van der Waals surface area contributed by atoms with Crippen molar-refractivity contribution in [2.24, 2.45) is 0 Å². The summed E-state index contributed by atoms with van der Waals surface area (Å²) in [5.41, 5.74) is 1.10. The number of rotatable bonds is 7. The van der Waals surface area contributed by atoms with Gasteiger partial charge in [0.1, 0.15) is 18.8 Å². The third kappa shape index (κ3) is 4.54. The molecular formula is C25H28N2O5. The molecule has 2 aliphatic rings. The molecule has 0 aromatic heterocycles. The van der Waals surface area contributed by atoms with Crippen LogP contribution in [0.1, 0.15) is 23.6 Å². The Labute approximate surface area is 187 Å². The summed E-state index contributed by atoms with van der Waals surface area (Å²) in [4.78, 5) is 29.0. The monoisotopic (exact) mass is 436 g/mol. The normalized spacial score (nSPS) is 21.2. The lowest BCUT2D eigenvalue weighted by molar-refractivity contribution is -0.908. The van der Waals surface area contributed by atoms with Crippen LogP contribution < -0.4 is 14.7 Å². The van der Waals surface area contributed by atoms with E-state index in [2.05, 4.69) is 0 Å². The molecule has 4 rings (SSSR count). The number of hydrogen-bond acceptors (Lipinski definition) is 5. The number of nitrogens with zero attached hydrogens (tertiary/aromatic N) is 1. The number of quaternary nitrogens is 1. The molecule has 7 heteroatoms. The lowest BCUT2D eigenvalue weighted by atomic mass is 9.95. The van der Waals surface area contributed by atoms with E-state index >= 15 is 0 Å². The topological polar surface area (TPSA) is 83.3 Å². The highest BCUT2D eigenvalue weighted by atomic mass is 16.5. The number of morpholine rings is 1. The number of ether oxygens (including phenoxy) is 2. The number of amides is 1. The molecule has 2 fully saturated rings. The van der Waals surface area contributed by atoms with Crippen LogP contribution >= 0.6 is 0 Å². The molecule has 1 atom stereocenters. The Hall–Kier alpha value is -3.16. The Morgan fingerprint density at radius 2 is 1.88 bits per heavy atom. The molecular weight excluding hydrogens is 408 g/mol. The molecule has 2 aliphatic heterocycles. The van der Waals surface area contributed by atoms with E-state index in [1.54, 1.807) is 29.2 Å². The Kier molecular flexibility index (Phi) is 6.87. The summed E-state index contributed by atoms with van der Waals surface area (Å²) < 4.78 is 10.6. The van der Waals surface area contributed by atoms with Gasteiger partial charge in [0.05, 0.1) is 32.9 Å². The number of carbonyl (C=O) groups excluding carboxylic acids is 2. The summed E-state index contributed by atoms with van der Waals surface area (Å²) in [6.07, 6.45) is 0.748. The Balaban J connectivity index is 1.65. The number of ketones is 1. The molecule has 2 aromatic carbocycles. The molecule has 32 heavy (non-hydrogen) atoms. The zero-order valence-electron chi connectivity index (χ0n) is 18.2. The SMILES string of the molecule is COc1cccc(/C([O-])=C2\C(=O)C(=O)N(CCC[NH+]3CCOCC3)C2c2ccccc2)c1. The van der Waals surface area contributed by atoms with Crippen LogP contribution in [0.3, 0.4) is 0 Å². The van der Waals surface area contributed by atoms with Crippen molar-refractivity contribution in [3.8, 4) is 5.75 Å². The van der Waals surface area contributed by atoms with Crippen molar-refractivity contribution in [1.29, 1.82) is 0 Å². The van der Waals surface area contributed by atoms with Crippen LogP contribution in [0, 0.1) is 0 Å². The van der Waals surface area contributed by atoms with Crippen LogP contribution in [0.5, 0.6) is 5.75 Å². The molecule has 0 aliphatic carbocycles. The van der Waals surface area contributed by atoms with Crippen molar-refractivity contribution in [3.63, 3.8) is 0 Å². The maximum Gasteiger partial charge on any atom is 0.295 e. The quantitative estimate of drug-likeness (QED) is 0.382. The molecule has 0 spiro atoms. The maximum absolute atomic E-state index is 13.4. The van der Waals surface area contributed by atoms with Crippen LogP contribution in [0.4, 0.5) is 0 Å². The minimum absolute atomic E-state index is 0.00757. The van der Waals surface area contributed by atoms with E-state index in [4.69, 9.17) is 9.47 Å². The van der Waals surface area contributed by atoms with Gasteiger partial charge in [-0.1, -0.05) is 48.2 Å². The summed E-state index contributed by atoms with van der Waals surface area (Å²) in [6.45, 7) is 4.69. The largest absolute Gasteiger partial charge is 0.872 e. The van der Waals surface area contributed by atoms with Gasteiger partial charge < -0.3 is 24.4 Å². The first-order chi connectivity index (χ1) is 15.6. The summed E-state index contributed by atoms with van der Waals surface area (Å²) in [7, 11) is 1.52. The van der Waals surface area contributed by atoms with Crippen molar-refractivity contribution in [3.05, 3.63) is 71.3 Å². The average Bonchev–Trinajstić information content (AvgIpc) is 3.10. The van der Waals surface area contributed by atoms with E-state index in [0.29, 0.717) is 17.9 Å². The predicted molar refractivity (Wildman–Crippen MR) is 117 cm³/mol. The molecule has 0 saturated carbocycles. The molecule has 2 saturated heterocycles. The number of Topliss-reactive ketones (excluding diaryl/α,β-unsaturated/α-hetero) is 1. The standard InChI is InChI=1S/C25H28N2O5/c1-31-20-10-5-9-19(17-20)23(28)21-22(18-7-3-2-4-8-18)27(25(30)24(21)29)12-6-11-26-13-15-32-16-14-26/h2-5,7-10,17,22,28H,6,11-16H2,1H3/b23-21+. The highest BCUT2D eigenvalue weighted by molar-refractivity contribution is 6.46. The molecule has 1 N–H and O–H groups in total. The second-order valence-corrected chi connectivity index (χ2v) is 8.08. The third-order valence-electron chi connectivity index (χ3n) is 6.11. The molecule has 2 aromatic rings. The van der Waals surface area contributed by atoms with Crippen molar-refractivity contribution < 1.29 is 29.1 Å². The lowest BCUT2D eigenvalue weighted by Gasteiger charge is -2.29. The van der Waals surface area contributed by atoms with E-state index in [1.807, 2.05) is 30.3 Å². The van der Waals surface area contributed by atoms with Gasteiger partial charge in [-0.3, -0.25) is 9.59 Å². The van der Waals surface area contributed by atoms with Crippen molar-refractivity contribution in [1.82, 2.24) is 4.90 Å². The number of nitrogens with one attached hydrogen (secondary N) is 1. The smallest absolute Gasteiger partial charge is 0.295 e. The minimum Gasteiger partial charge on any atom is -0.872 e. The summed E-state index contributed by atoms with van der Waals surface area (Å²) >= 11 is 0. The number of carbonyl (C=O) groups is 2. The highest BCUT2D eigenvalue weighted by Crippen LogP contribution is 2.38. The maximum atomic E-state index is 13.4. The van der Waals surface area contributed by atoms with Crippen LogP contribution in [0.25, 0.3) is 5.76 Å². The van der Waals surface area contributed by atoms with Crippen molar-refractivity contribution >= 4 is 17.4 Å². The van der Waals surface area contributed by atoms with E-state index in [1.165, 1.54) is 12.0 Å². The van der Waals surface area contributed by atoms with Crippen LogP contribution in [-0.4, -0.2) is 63.1 Å². The van der Waals surface area contributed by atoms with Crippen LogP contribution in [0.15, 0.2) is 60.2 Å². The van der Waals surface area contributed by atoms with Gasteiger partial charge >= 0.3 is 0 Å². The fraction of sp³-hybridized carbons (Fsp3) is 0.360. The van der Waals surface area contributed by atoms with E-state index in [9.17, 15) is 14.7 Å². The van der Waals surface area contributed by atoms with Gasteiger partial charge in [-0.2, -0.15) is 0 Å². The summed E-state index contributed by atoms with van der Waals surface area (Å²) in [5.74, 6) is -1.24. The fourth-order valence-corrected chi connectivity index (χ4v) is 4.41. The van der Waals surface area contributed by atoms with Gasteiger partial charge in [-0.05, 0) is 23.3 Å². The number of benzene rings is 2. The molecule has 1 unspecified atom stereocenters. The van der Waals surface area contributed by atoms with E-state index < -0.39 is 23.5 Å². The van der Waals surface area contributed by atoms with Crippen LogP contribution in [-0.2, 0) is 14.3 Å². The highest BCUT2D eigenvalue weighted by Gasteiger charge is 2.43. The molecule has 0 bridgehead atoms. The second-order valence-electron chi connectivity index (χ2n) is 8.08. The van der Waals surface area contributed by atoms with Gasteiger partial charge in [-0.15, -0.1) is 0 Å². The van der Waals surface area contributed by atoms with Gasteiger partial charge in [0.25, 0.3) is 5.91 Å². The van der Waals surface area contributed by atoms with E-state index in [0.717, 1.165) is 44.8 Å². The average molecular weight is 437 g/mol. The molecule has 0 radical (unpaired) electrons. The summed E-state index contributed by atoms with van der Waals surface area (Å²) in [6, 6.07) is 15.3. The van der Waals surface area contributed by atoms with E-state index in [-0.39, 0.29) is 5.57 Å². The van der Waals surface area contributed by atoms with Crippen LogP contribution in [0.2, 0.25) is 0 Å². The van der Waals surface area contributed by atoms with Crippen molar-refractivity contribution in [2.75, 3.05) is 46.5 Å². The van der Waals surface area contributed by atoms with Gasteiger partial charge in [0.15, 0.2) is 0 Å². The van der Waals surface area contributed by atoms with Gasteiger partial charge in [-0.25, -0.2) is 0 Å². The first-order valence-corrected chi connectivity index (χ1v) is 11.0. The first-order valence-electron chi connectivity index (χ1n) is 11.0. The molecule has 1 amide bonds. The minimum atomic E-state index is -0.717. The first kappa shape index (κ1) is 22.0. The Bertz CT molecular complexity index is 998. The third-order valence-corrected chi connectivity index (χ3v) is 6.11. The molecule has 168 valence electrons. The van der Waals surface area contributed by atoms with Gasteiger partial charge in [0.2, 0.25) is 5.78 Å². The Morgan fingerprint density at radius 1 is 1.12 bits per heavy atom. The fourth-order valence-electron chi connectivity index (χ4n) is 4.41.